The van der Waals surface area contributed by atoms with Gasteiger partial charge in [-0.05, 0) is 86.0 Å². The van der Waals surface area contributed by atoms with E-state index in [4.69, 9.17) is 16.6 Å². The van der Waals surface area contributed by atoms with Gasteiger partial charge in [-0.1, -0.05) is 66.9 Å². The van der Waals surface area contributed by atoms with Gasteiger partial charge < -0.3 is 16.0 Å². The predicted octanol–water partition coefficient (Wildman–Crippen LogP) is 6.76. The number of nitrogens with zero attached hydrogens (tertiary/aromatic N) is 2. The number of rotatable bonds is 12. The lowest BCUT2D eigenvalue weighted by Gasteiger charge is -2.22. The van der Waals surface area contributed by atoms with Crippen molar-refractivity contribution in [3.8, 4) is 0 Å². The summed E-state index contributed by atoms with van der Waals surface area (Å²) < 4.78 is 28.2. The Bertz CT molecular complexity index is 1830. The van der Waals surface area contributed by atoms with E-state index in [1.54, 1.807) is 19.2 Å². The van der Waals surface area contributed by atoms with Crippen LogP contribution in [0.25, 0.3) is 10.9 Å². The van der Waals surface area contributed by atoms with E-state index < -0.39 is 10.0 Å². The molecule has 2 aliphatic rings. The number of amides is 1. The molecule has 6 rings (SSSR count). The molecule has 0 bridgehead atoms. The molecule has 0 saturated carbocycles. The van der Waals surface area contributed by atoms with E-state index in [-0.39, 0.29) is 16.8 Å². The van der Waals surface area contributed by atoms with Crippen LogP contribution in [0.15, 0.2) is 71.6 Å². The van der Waals surface area contributed by atoms with Crippen molar-refractivity contribution in [3.05, 3.63) is 94.1 Å². The van der Waals surface area contributed by atoms with E-state index in [1.807, 2.05) is 36.4 Å². The minimum atomic E-state index is -3.75. The Morgan fingerprint density at radius 3 is 2.59 bits per heavy atom. The van der Waals surface area contributed by atoms with E-state index in [1.165, 1.54) is 34.1 Å². The third-order valence-electron chi connectivity index (χ3n) is 9.11. The van der Waals surface area contributed by atoms with Crippen LogP contribution in [-0.4, -0.2) is 46.0 Å². The third kappa shape index (κ3) is 6.87. The maximum atomic E-state index is 13.4. The van der Waals surface area contributed by atoms with E-state index >= 15 is 0 Å². The monoisotopic (exact) mass is 659 g/mol. The zero-order valence-corrected chi connectivity index (χ0v) is 27.9. The molecule has 3 aromatic carbocycles. The van der Waals surface area contributed by atoms with Gasteiger partial charge in [0.05, 0.1) is 22.1 Å². The standard InChI is InChI=1S/C36H42ClN5O3S/c1-42-32-17-10-7-14-28(32)36(29-20-19-25(37)24-33(29)46(42,44)45)39-21-11-3-2-4-18-34(43)38-22-23-40-35-26-12-5-8-15-30(26)41-31-16-9-6-13-27(31)35/h5,7-8,10,12,14-15,17,19-20,24,36,39H,2-4,6,9,11,13,16,18,21-23H2,1H3,(H,38,43)(H,40,41). The Labute approximate surface area is 277 Å². The fraction of sp³-hybridized carbons (Fsp3) is 0.389. The van der Waals surface area contributed by atoms with Gasteiger partial charge in [-0.15, -0.1) is 0 Å². The van der Waals surface area contributed by atoms with Crippen LogP contribution in [0.4, 0.5) is 11.4 Å². The van der Waals surface area contributed by atoms with Crippen LogP contribution in [0, 0.1) is 0 Å². The van der Waals surface area contributed by atoms with Gasteiger partial charge >= 0.3 is 0 Å². The van der Waals surface area contributed by atoms with E-state index in [0.29, 0.717) is 35.8 Å². The molecule has 1 aromatic heterocycles. The van der Waals surface area contributed by atoms with Crippen molar-refractivity contribution in [2.24, 2.45) is 0 Å². The number of aromatic nitrogens is 1. The van der Waals surface area contributed by atoms with Crippen molar-refractivity contribution in [2.75, 3.05) is 36.3 Å². The van der Waals surface area contributed by atoms with E-state index in [2.05, 4.69) is 34.1 Å². The molecule has 1 unspecified atom stereocenters. The van der Waals surface area contributed by atoms with E-state index in [0.717, 1.165) is 61.5 Å². The normalized spacial score (nSPS) is 16.7. The Kier molecular flexibility index (Phi) is 10.1. The summed E-state index contributed by atoms with van der Waals surface area (Å²) in [6.07, 6.45) is 8.64. The molecule has 0 fully saturated rings. The fourth-order valence-corrected chi connectivity index (χ4v) is 8.43. The quantitative estimate of drug-likeness (QED) is 0.145. The Morgan fingerprint density at radius 2 is 1.70 bits per heavy atom. The summed E-state index contributed by atoms with van der Waals surface area (Å²) in [6, 6.07) is 20.7. The molecule has 1 atom stereocenters. The van der Waals surface area contributed by atoms with Crippen LogP contribution in [0.1, 0.15) is 73.4 Å². The highest BCUT2D eigenvalue weighted by molar-refractivity contribution is 7.92. The van der Waals surface area contributed by atoms with Crippen LogP contribution >= 0.6 is 11.6 Å². The molecule has 10 heteroatoms. The van der Waals surface area contributed by atoms with Gasteiger partial charge in [-0.25, -0.2) is 8.42 Å². The van der Waals surface area contributed by atoms with Gasteiger partial charge in [-0.3, -0.25) is 14.1 Å². The van der Waals surface area contributed by atoms with Gasteiger partial charge in [0.1, 0.15) is 0 Å². The number of hydrogen-bond donors (Lipinski definition) is 3. The minimum absolute atomic E-state index is 0.0807. The van der Waals surface area contributed by atoms with Crippen molar-refractivity contribution in [2.45, 2.75) is 68.7 Å². The Morgan fingerprint density at radius 1 is 0.913 bits per heavy atom. The molecule has 46 heavy (non-hydrogen) atoms. The number of benzene rings is 3. The molecule has 8 nitrogen and oxygen atoms in total. The molecule has 1 aliphatic carbocycles. The van der Waals surface area contributed by atoms with Crippen molar-refractivity contribution >= 4 is 49.8 Å². The summed E-state index contributed by atoms with van der Waals surface area (Å²) in [6.45, 7) is 1.97. The number of nitrogens with one attached hydrogen (secondary N) is 3. The highest BCUT2D eigenvalue weighted by Gasteiger charge is 2.34. The second-order valence-electron chi connectivity index (χ2n) is 12.2. The maximum Gasteiger partial charge on any atom is 0.264 e. The molecule has 1 aliphatic heterocycles. The largest absolute Gasteiger partial charge is 0.382 e. The highest BCUT2D eigenvalue weighted by atomic mass is 35.5. The van der Waals surface area contributed by atoms with Gasteiger partial charge in [0.15, 0.2) is 0 Å². The average Bonchev–Trinajstić information content (AvgIpc) is 3.13. The molecule has 1 amide bonds. The number of carbonyl (C=O) groups excluding carboxylic acids is 1. The van der Waals surface area contributed by atoms with Crippen LogP contribution in [-0.2, 0) is 27.7 Å². The molecule has 242 valence electrons. The number of fused-ring (bicyclic) bond motifs is 4. The first kappa shape index (κ1) is 32.3. The van der Waals surface area contributed by atoms with E-state index in [9.17, 15) is 13.2 Å². The number of hydrogen-bond acceptors (Lipinski definition) is 6. The molecule has 2 heterocycles. The van der Waals surface area contributed by atoms with Crippen molar-refractivity contribution in [1.29, 1.82) is 0 Å². The molecule has 0 saturated heterocycles. The number of anilines is 2. The SMILES string of the molecule is CN1c2ccccc2C(NCCCCCCC(=O)NCCNc2c3c(nc4ccccc24)CCCC3)c2ccc(Cl)cc2S1(=O)=O. The predicted molar refractivity (Wildman–Crippen MR) is 186 cm³/mol. The Hall–Kier alpha value is -3.66. The summed E-state index contributed by atoms with van der Waals surface area (Å²) in [5.41, 5.74) is 7.01. The molecule has 4 aromatic rings. The lowest BCUT2D eigenvalue weighted by atomic mass is 9.92. The average molecular weight is 660 g/mol. The van der Waals surface area contributed by atoms with Crippen LogP contribution < -0.4 is 20.3 Å². The fourth-order valence-electron chi connectivity index (χ4n) is 6.72. The molecule has 0 radical (unpaired) electrons. The smallest absolute Gasteiger partial charge is 0.264 e. The lowest BCUT2D eigenvalue weighted by molar-refractivity contribution is -0.121. The zero-order chi connectivity index (χ0) is 32.1. The van der Waals surface area contributed by atoms with Gasteiger partial charge in [0.25, 0.3) is 10.0 Å². The minimum Gasteiger partial charge on any atom is -0.382 e. The summed E-state index contributed by atoms with van der Waals surface area (Å²) in [7, 11) is -2.16. The summed E-state index contributed by atoms with van der Waals surface area (Å²) in [5, 5.41) is 11.8. The van der Waals surface area contributed by atoms with Crippen molar-refractivity contribution in [1.82, 2.24) is 15.6 Å². The molecular weight excluding hydrogens is 618 g/mol. The first-order valence-corrected chi connectivity index (χ1v) is 18.2. The second kappa shape index (κ2) is 14.4. The summed E-state index contributed by atoms with van der Waals surface area (Å²) >= 11 is 6.23. The van der Waals surface area contributed by atoms with Crippen LogP contribution in [0.2, 0.25) is 5.02 Å². The number of sulfonamides is 1. The van der Waals surface area contributed by atoms with Gasteiger partial charge in [0.2, 0.25) is 5.91 Å². The van der Waals surface area contributed by atoms with Gasteiger partial charge in [0, 0.05) is 48.3 Å². The third-order valence-corrected chi connectivity index (χ3v) is 11.2. The molecular formula is C36H42ClN5O3S. The number of unbranched alkanes of at least 4 members (excludes halogenated alkanes) is 3. The first-order valence-electron chi connectivity index (χ1n) is 16.4. The summed E-state index contributed by atoms with van der Waals surface area (Å²) in [4.78, 5) is 17.7. The number of pyridine rings is 1. The maximum absolute atomic E-state index is 13.4. The van der Waals surface area contributed by atoms with Crippen LogP contribution in [0.3, 0.4) is 0 Å². The molecule has 0 spiro atoms. The van der Waals surface area contributed by atoms with Crippen LogP contribution in [0.5, 0.6) is 0 Å². The Balaban J connectivity index is 0.949. The number of para-hydroxylation sites is 2. The highest BCUT2D eigenvalue weighted by Crippen LogP contribution is 2.41. The zero-order valence-electron chi connectivity index (χ0n) is 26.3. The number of carbonyl (C=O) groups is 1. The lowest BCUT2D eigenvalue weighted by Crippen LogP contribution is -2.29. The first-order chi connectivity index (χ1) is 22.3. The number of halogens is 1. The summed E-state index contributed by atoms with van der Waals surface area (Å²) in [5.74, 6) is 0.0807. The second-order valence-corrected chi connectivity index (χ2v) is 14.6. The van der Waals surface area contributed by atoms with Gasteiger partial charge in [-0.2, -0.15) is 0 Å². The number of aryl methyl sites for hydroxylation is 1. The topological polar surface area (TPSA) is 103 Å². The van der Waals surface area contributed by atoms with Crippen molar-refractivity contribution < 1.29 is 13.2 Å². The van der Waals surface area contributed by atoms with Crippen molar-refractivity contribution in [3.63, 3.8) is 0 Å². The molecule has 3 N–H and O–H groups in total.